The summed E-state index contributed by atoms with van der Waals surface area (Å²) in [7, 11) is 2.12. The van der Waals surface area contributed by atoms with Gasteiger partial charge < -0.3 is 19.9 Å². The highest BCUT2D eigenvalue weighted by Gasteiger charge is 2.26. The van der Waals surface area contributed by atoms with Crippen molar-refractivity contribution in [2.24, 2.45) is 0 Å². The van der Waals surface area contributed by atoms with Gasteiger partial charge in [0.1, 0.15) is 6.04 Å². The number of esters is 1. The lowest BCUT2D eigenvalue weighted by atomic mass is 10.0. The molecule has 0 aromatic heterocycles. The van der Waals surface area contributed by atoms with Crippen molar-refractivity contribution in [2.45, 2.75) is 45.7 Å². The maximum atomic E-state index is 11.9. The van der Waals surface area contributed by atoms with Crippen LogP contribution in [0.25, 0.3) is 0 Å². The number of rotatable bonds is 8. The highest BCUT2D eigenvalue weighted by Crippen LogP contribution is 2.15. The van der Waals surface area contributed by atoms with Gasteiger partial charge in [0.25, 0.3) is 0 Å². The molecule has 1 rings (SSSR count). The maximum absolute atomic E-state index is 11.9. The molecule has 1 saturated heterocycles. The summed E-state index contributed by atoms with van der Waals surface area (Å²) in [5.74, 6) is -0.132. The summed E-state index contributed by atoms with van der Waals surface area (Å²) in [4.78, 5) is 16.7. The fourth-order valence-electron chi connectivity index (χ4n) is 2.83. The van der Waals surface area contributed by atoms with Crippen LogP contribution in [0, 0.1) is 0 Å². The molecule has 1 unspecified atom stereocenters. The van der Waals surface area contributed by atoms with Gasteiger partial charge in [0.2, 0.25) is 0 Å². The molecule has 0 radical (unpaired) electrons. The fourth-order valence-corrected chi connectivity index (χ4v) is 2.83. The molecule has 0 aromatic rings. The molecule has 0 spiro atoms. The first-order chi connectivity index (χ1) is 9.62. The number of hydrogen-bond donors (Lipinski definition) is 1. The van der Waals surface area contributed by atoms with Gasteiger partial charge in [0, 0.05) is 12.6 Å². The zero-order valence-corrected chi connectivity index (χ0v) is 13.5. The predicted octanol–water partition coefficient (Wildman–Crippen LogP) is 0.944. The highest BCUT2D eigenvalue weighted by molar-refractivity contribution is 5.76. The quantitative estimate of drug-likeness (QED) is 0.673. The molecular formula is C15H31N3O2. The molecule has 0 saturated carbocycles. The molecule has 1 heterocycles. The molecule has 20 heavy (non-hydrogen) atoms. The third-order valence-corrected chi connectivity index (χ3v) is 4.12. The van der Waals surface area contributed by atoms with Crippen LogP contribution in [-0.2, 0) is 9.53 Å². The monoisotopic (exact) mass is 285 g/mol. The summed E-state index contributed by atoms with van der Waals surface area (Å²) in [5.41, 5.74) is 0. The standard InChI is InChI=1S/C15H31N3O2/c1-5-16-14(15(19)20-7-3)12-17(4)13-8-10-18(6-2)11-9-13/h13-14,16H,5-12H2,1-4H3. The Kier molecular flexibility index (Phi) is 8.11. The van der Waals surface area contributed by atoms with E-state index in [-0.39, 0.29) is 12.0 Å². The van der Waals surface area contributed by atoms with E-state index in [1.165, 1.54) is 12.8 Å². The van der Waals surface area contributed by atoms with E-state index in [0.29, 0.717) is 12.6 Å². The van der Waals surface area contributed by atoms with Crippen LogP contribution in [-0.4, -0.2) is 74.2 Å². The van der Waals surface area contributed by atoms with Crippen molar-refractivity contribution in [3.05, 3.63) is 0 Å². The summed E-state index contributed by atoms with van der Waals surface area (Å²) in [6.07, 6.45) is 2.37. The van der Waals surface area contributed by atoms with Gasteiger partial charge in [-0.2, -0.15) is 0 Å². The van der Waals surface area contributed by atoms with Crippen molar-refractivity contribution in [2.75, 3.05) is 46.4 Å². The van der Waals surface area contributed by atoms with E-state index in [4.69, 9.17) is 4.74 Å². The molecule has 0 amide bonds. The number of ether oxygens (including phenoxy) is 1. The summed E-state index contributed by atoms with van der Waals surface area (Å²) >= 11 is 0. The smallest absolute Gasteiger partial charge is 0.324 e. The second kappa shape index (κ2) is 9.32. The Balaban J connectivity index is 2.45. The van der Waals surface area contributed by atoms with Crippen LogP contribution >= 0.6 is 0 Å². The van der Waals surface area contributed by atoms with Crippen LogP contribution in [0.15, 0.2) is 0 Å². The van der Waals surface area contributed by atoms with Gasteiger partial charge in [-0.25, -0.2) is 0 Å². The number of piperidine rings is 1. The van der Waals surface area contributed by atoms with Gasteiger partial charge in [0.05, 0.1) is 6.61 Å². The van der Waals surface area contributed by atoms with E-state index in [2.05, 4.69) is 29.1 Å². The van der Waals surface area contributed by atoms with Gasteiger partial charge in [-0.1, -0.05) is 13.8 Å². The molecule has 0 aliphatic carbocycles. The first kappa shape index (κ1) is 17.4. The first-order valence-electron chi connectivity index (χ1n) is 7.94. The topological polar surface area (TPSA) is 44.8 Å². The van der Waals surface area contributed by atoms with Crippen molar-refractivity contribution in [1.82, 2.24) is 15.1 Å². The Morgan fingerprint density at radius 2 is 2.00 bits per heavy atom. The Morgan fingerprint density at radius 1 is 1.35 bits per heavy atom. The molecule has 1 aliphatic rings. The van der Waals surface area contributed by atoms with Crippen molar-refractivity contribution >= 4 is 5.97 Å². The minimum atomic E-state index is -0.214. The van der Waals surface area contributed by atoms with Crippen molar-refractivity contribution < 1.29 is 9.53 Å². The van der Waals surface area contributed by atoms with Gasteiger partial charge in [-0.15, -0.1) is 0 Å². The maximum Gasteiger partial charge on any atom is 0.324 e. The second-order valence-electron chi connectivity index (χ2n) is 5.47. The van der Waals surface area contributed by atoms with Crippen LogP contribution in [0.4, 0.5) is 0 Å². The largest absolute Gasteiger partial charge is 0.465 e. The van der Waals surface area contributed by atoms with E-state index in [0.717, 1.165) is 32.7 Å². The minimum absolute atomic E-state index is 0.132. The number of hydrogen-bond acceptors (Lipinski definition) is 5. The molecule has 0 bridgehead atoms. The van der Waals surface area contributed by atoms with Gasteiger partial charge >= 0.3 is 5.97 Å². The number of nitrogens with zero attached hydrogens (tertiary/aromatic N) is 2. The van der Waals surface area contributed by atoms with Crippen LogP contribution < -0.4 is 5.32 Å². The normalized spacial score (nSPS) is 19.2. The minimum Gasteiger partial charge on any atom is -0.465 e. The van der Waals surface area contributed by atoms with Gasteiger partial charge in [-0.3, -0.25) is 4.79 Å². The molecule has 1 atom stereocenters. The zero-order chi connectivity index (χ0) is 15.0. The Labute approximate surface area is 123 Å². The number of likely N-dealkylation sites (tertiary alicyclic amines) is 1. The number of carbonyl (C=O) groups is 1. The molecule has 1 aliphatic heterocycles. The molecule has 1 fully saturated rings. The summed E-state index contributed by atoms with van der Waals surface area (Å²) in [6.45, 7) is 11.5. The molecule has 5 heteroatoms. The average Bonchev–Trinajstić information content (AvgIpc) is 2.47. The molecule has 5 nitrogen and oxygen atoms in total. The van der Waals surface area contributed by atoms with E-state index in [9.17, 15) is 4.79 Å². The van der Waals surface area contributed by atoms with Crippen molar-refractivity contribution in [1.29, 1.82) is 0 Å². The highest BCUT2D eigenvalue weighted by atomic mass is 16.5. The third kappa shape index (κ3) is 5.38. The summed E-state index contributed by atoms with van der Waals surface area (Å²) < 4.78 is 5.14. The number of likely N-dealkylation sites (N-methyl/N-ethyl adjacent to an activating group) is 2. The first-order valence-corrected chi connectivity index (χ1v) is 7.94. The van der Waals surface area contributed by atoms with E-state index < -0.39 is 0 Å². The third-order valence-electron chi connectivity index (χ3n) is 4.12. The van der Waals surface area contributed by atoms with Crippen molar-refractivity contribution in [3.63, 3.8) is 0 Å². The van der Waals surface area contributed by atoms with E-state index in [1.807, 2.05) is 13.8 Å². The lowest BCUT2D eigenvalue weighted by Crippen LogP contribution is -2.51. The Morgan fingerprint density at radius 3 is 2.50 bits per heavy atom. The van der Waals surface area contributed by atoms with Crippen LogP contribution in [0.2, 0.25) is 0 Å². The lowest BCUT2D eigenvalue weighted by molar-refractivity contribution is -0.146. The second-order valence-corrected chi connectivity index (χ2v) is 5.47. The van der Waals surface area contributed by atoms with Gasteiger partial charge in [-0.05, 0) is 53.0 Å². The molecule has 118 valence electrons. The summed E-state index contributed by atoms with van der Waals surface area (Å²) in [5, 5.41) is 3.23. The fraction of sp³-hybridized carbons (Fsp3) is 0.933. The number of carbonyl (C=O) groups excluding carboxylic acids is 1. The Bertz CT molecular complexity index is 278. The van der Waals surface area contributed by atoms with Crippen LogP contribution in [0.3, 0.4) is 0 Å². The average molecular weight is 285 g/mol. The van der Waals surface area contributed by atoms with E-state index in [1.54, 1.807) is 0 Å². The lowest BCUT2D eigenvalue weighted by Gasteiger charge is -2.37. The SMILES string of the molecule is CCNC(CN(C)C1CCN(CC)CC1)C(=O)OCC. The van der Waals surface area contributed by atoms with Crippen molar-refractivity contribution in [3.8, 4) is 0 Å². The molecular weight excluding hydrogens is 254 g/mol. The molecule has 0 aromatic carbocycles. The van der Waals surface area contributed by atoms with E-state index >= 15 is 0 Å². The molecule has 1 N–H and O–H groups in total. The zero-order valence-electron chi connectivity index (χ0n) is 13.5. The van der Waals surface area contributed by atoms with Gasteiger partial charge in [0.15, 0.2) is 0 Å². The van der Waals surface area contributed by atoms with Crippen LogP contribution in [0.1, 0.15) is 33.6 Å². The number of nitrogens with one attached hydrogen (secondary N) is 1. The van der Waals surface area contributed by atoms with Crippen LogP contribution in [0.5, 0.6) is 0 Å². The Hall–Kier alpha value is -0.650. The predicted molar refractivity (Wildman–Crippen MR) is 81.9 cm³/mol. The summed E-state index contributed by atoms with van der Waals surface area (Å²) in [6, 6.07) is 0.363.